The Balaban J connectivity index is -0.0000000945. The third kappa shape index (κ3) is 22.6. The molecular weight excluding hydrogens is 274 g/mol. The average Bonchev–Trinajstić information content (AvgIpc) is 2.03. The molecule has 0 amide bonds. The Bertz CT molecular complexity index is 244. The Morgan fingerprint density at radius 2 is 1.29 bits per heavy atom. The predicted octanol–water partition coefficient (Wildman–Crippen LogP) is -2.94. The topological polar surface area (TPSA) is 152 Å². The molecule has 8 nitrogen and oxygen atoms in total. The molecule has 0 bridgehead atoms. The molecule has 0 radical (unpaired) electrons. The molecule has 0 aliphatic heterocycles. The van der Waals surface area contributed by atoms with Crippen molar-refractivity contribution >= 4 is 98.8 Å². The van der Waals surface area contributed by atoms with Gasteiger partial charge in [0.15, 0.2) is 6.10 Å². The first-order chi connectivity index (χ1) is 6.68. The summed E-state index contributed by atoms with van der Waals surface area (Å²) < 4.78 is 0. The van der Waals surface area contributed by atoms with Crippen LogP contribution < -0.4 is 0 Å². The monoisotopic (exact) mass is 288 g/mol. The molecule has 0 heterocycles. The van der Waals surface area contributed by atoms with Crippen molar-refractivity contribution in [1.82, 2.24) is 0 Å². The molecule has 0 spiro atoms. The van der Waals surface area contributed by atoms with E-state index >= 15 is 0 Å². The summed E-state index contributed by atoms with van der Waals surface area (Å²) in [6.45, 7) is 1.20. The van der Waals surface area contributed by atoms with Gasteiger partial charge in [-0.05, 0) is 6.92 Å². The summed E-state index contributed by atoms with van der Waals surface area (Å²) >= 11 is 0. The van der Waals surface area contributed by atoms with Crippen LogP contribution in [0, 0.1) is 0 Å². The van der Waals surface area contributed by atoms with Crippen LogP contribution in [0.25, 0.3) is 0 Å². The van der Waals surface area contributed by atoms with E-state index < -0.39 is 36.5 Å². The molecule has 0 aromatic rings. The molecule has 0 fully saturated rings. The maximum absolute atomic E-state index is 9.72. The number of aliphatic hydroxyl groups is 2. The number of hydrogen-bond donors (Lipinski definition) is 5. The molecule has 10 heteroatoms. The van der Waals surface area contributed by atoms with Crippen LogP contribution >= 0.6 is 0 Å². The van der Waals surface area contributed by atoms with Crippen molar-refractivity contribution in [1.29, 1.82) is 0 Å². The molecule has 17 heavy (non-hydrogen) atoms. The molecule has 0 aliphatic carbocycles. The minimum atomic E-state index is -1.79. The Morgan fingerprint density at radius 1 is 1.00 bits per heavy atom. The molecule has 5 N–H and O–H groups in total. The molecular formula is C7H14KNaO8. The number of carboxylic acids is 3. The van der Waals surface area contributed by atoms with E-state index in [9.17, 15) is 14.4 Å². The number of aliphatic hydroxyl groups excluding tert-OH is 2. The van der Waals surface area contributed by atoms with Crippen molar-refractivity contribution in [2.24, 2.45) is 0 Å². The Labute approximate surface area is 162 Å². The summed E-state index contributed by atoms with van der Waals surface area (Å²) in [6.07, 6.45) is -3.78. The van der Waals surface area contributed by atoms with E-state index in [1.54, 1.807) is 0 Å². The summed E-state index contributed by atoms with van der Waals surface area (Å²) in [4.78, 5) is 28.9. The average molecular weight is 288 g/mol. The van der Waals surface area contributed by atoms with Gasteiger partial charge in [0.05, 0.1) is 6.42 Å². The van der Waals surface area contributed by atoms with Gasteiger partial charge in [-0.1, -0.05) is 0 Å². The fraction of sp³-hybridized carbons (Fsp3) is 0.571. The van der Waals surface area contributed by atoms with Crippen LogP contribution in [0.15, 0.2) is 0 Å². The van der Waals surface area contributed by atoms with Crippen LogP contribution in [0.1, 0.15) is 13.3 Å². The maximum atomic E-state index is 9.72. The van der Waals surface area contributed by atoms with Crippen LogP contribution in [0.3, 0.4) is 0 Å². The normalized spacial score (nSPS) is 11.5. The number of aliphatic carboxylic acids is 3. The second-order valence-electron chi connectivity index (χ2n) is 2.47. The first-order valence-electron chi connectivity index (χ1n) is 3.72. The van der Waals surface area contributed by atoms with Crippen LogP contribution in [0.5, 0.6) is 0 Å². The van der Waals surface area contributed by atoms with Crippen molar-refractivity contribution < 1.29 is 39.9 Å². The van der Waals surface area contributed by atoms with Crippen molar-refractivity contribution in [3.63, 3.8) is 0 Å². The molecule has 0 saturated heterocycles. The first kappa shape index (κ1) is 26.5. The standard InChI is InChI=1S/C4H6O5.C3H6O3.K.Na.2H/c5-2(4(8)9)1-3(6)7;1-2(4)3(5)6;;;;/h2,5H,1H2,(H,6,7)(H,8,9);2,4H,1H3,(H,5,6);;;;. The van der Waals surface area contributed by atoms with Gasteiger partial charge in [-0.15, -0.1) is 0 Å². The quantitative estimate of drug-likeness (QED) is 0.344. The third-order valence-corrected chi connectivity index (χ3v) is 1.01. The first-order valence-corrected chi connectivity index (χ1v) is 3.72. The summed E-state index contributed by atoms with van der Waals surface area (Å²) in [5, 5.41) is 39.9. The van der Waals surface area contributed by atoms with E-state index in [2.05, 4.69) is 0 Å². The fourth-order valence-electron chi connectivity index (χ4n) is 0.253. The molecule has 2 unspecified atom stereocenters. The summed E-state index contributed by atoms with van der Waals surface area (Å²) in [7, 11) is 0. The van der Waals surface area contributed by atoms with Gasteiger partial charge in [-0.2, -0.15) is 0 Å². The van der Waals surface area contributed by atoms with Gasteiger partial charge < -0.3 is 25.5 Å². The zero-order chi connectivity index (χ0) is 12.6. The number of rotatable bonds is 4. The Morgan fingerprint density at radius 3 is 1.35 bits per heavy atom. The fourth-order valence-corrected chi connectivity index (χ4v) is 0.253. The van der Waals surface area contributed by atoms with Crippen LogP contribution in [0.2, 0.25) is 0 Å². The number of carbonyl (C=O) groups is 3. The zero-order valence-electron chi connectivity index (χ0n) is 7.82. The van der Waals surface area contributed by atoms with Crippen molar-refractivity contribution in [2.45, 2.75) is 25.6 Å². The molecule has 92 valence electrons. The van der Waals surface area contributed by atoms with Crippen molar-refractivity contribution in [2.75, 3.05) is 0 Å². The van der Waals surface area contributed by atoms with Crippen LogP contribution in [-0.2, 0) is 14.4 Å². The second-order valence-corrected chi connectivity index (χ2v) is 2.47. The Kier molecular flexibility index (Phi) is 23.4. The minimum absolute atomic E-state index is 0. The molecule has 0 saturated carbocycles. The van der Waals surface area contributed by atoms with Gasteiger partial charge in [0, 0.05) is 0 Å². The van der Waals surface area contributed by atoms with E-state index in [4.69, 9.17) is 25.5 Å². The molecule has 0 aliphatic rings. The van der Waals surface area contributed by atoms with Gasteiger partial charge in [-0.3, -0.25) is 4.79 Å². The zero-order valence-corrected chi connectivity index (χ0v) is 7.82. The van der Waals surface area contributed by atoms with Crippen molar-refractivity contribution in [3.05, 3.63) is 0 Å². The summed E-state index contributed by atoms with van der Waals surface area (Å²) in [5.74, 6) is -4.03. The van der Waals surface area contributed by atoms with E-state index in [0.717, 1.165) is 0 Å². The Hall–Kier alpha value is 0.966. The van der Waals surface area contributed by atoms with Crippen LogP contribution in [-0.4, -0.2) is 137 Å². The molecule has 0 aromatic heterocycles. The van der Waals surface area contributed by atoms with E-state index in [0.29, 0.717) is 0 Å². The molecule has 0 aromatic carbocycles. The summed E-state index contributed by atoms with van der Waals surface area (Å²) in [5.41, 5.74) is 0. The number of hydrogen-bond acceptors (Lipinski definition) is 5. The van der Waals surface area contributed by atoms with E-state index in [1.807, 2.05) is 0 Å². The number of carboxylic acid groups (broad SMARTS) is 3. The van der Waals surface area contributed by atoms with Gasteiger partial charge in [0.25, 0.3) is 0 Å². The van der Waals surface area contributed by atoms with Crippen molar-refractivity contribution in [3.8, 4) is 0 Å². The second kappa shape index (κ2) is 15.0. The SMILES string of the molecule is CC(O)C(=O)O.O=C(O)CC(O)C(=O)O.[KH].[NaH]. The molecule has 0 rings (SSSR count). The van der Waals surface area contributed by atoms with E-state index in [1.165, 1.54) is 6.92 Å². The van der Waals surface area contributed by atoms with Gasteiger partial charge in [0.2, 0.25) is 0 Å². The summed E-state index contributed by atoms with van der Waals surface area (Å²) in [6, 6.07) is 0. The molecule has 2 atom stereocenters. The van der Waals surface area contributed by atoms with E-state index in [-0.39, 0.29) is 80.9 Å². The predicted molar refractivity (Wildman–Crippen MR) is 59.5 cm³/mol. The van der Waals surface area contributed by atoms with Gasteiger partial charge in [-0.25, -0.2) is 9.59 Å². The third-order valence-electron chi connectivity index (χ3n) is 1.01. The van der Waals surface area contributed by atoms with Crippen LogP contribution in [0.4, 0.5) is 0 Å². The van der Waals surface area contributed by atoms with Gasteiger partial charge in [0.1, 0.15) is 6.10 Å². The van der Waals surface area contributed by atoms with Gasteiger partial charge >= 0.3 is 98.8 Å².